The number of esters is 4. The first kappa shape index (κ1) is 80.1. The zero-order chi connectivity index (χ0) is 60.8. The Morgan fingerprint density at radius 1 is 0.329 bits per heavy atom. The van der Waals surface area contributed by atoms with Crippen LogP contribution in [0.25, 0.3) is 0 Å². The first-order chi connectivity index (χ1) is 39.4. The summed E-state index contributed by atoms with van der Waals surface area (Å²) in [5.74, 6) is -0.620. The van der Waals surface area contributed by atoms with Crippen LogP contribution in [-0.4, -0.2) is 96.7 Å². The molecule has 0 aromatic rings. The molecule has 0 saturated heterocycles. The summed E-state index contributed by atoms with van der Waals surface area (Å²) < 4.78 is 67.7. The Morgan fingerprint density at radius 3 is 0.829 bits per heavy atom. The van der Waals surface area contributed by atoms with Crippen molar-refractivity contribution in [2.75, 3.05) is 39.6 Å². The number of hydrogen-bond donors (Lipinski definition) is 3. The molecule has 0 aromatic heterocycles. The molecule has 0 aliphatic rings. The fourth-order valence-corrected chi connectivity index (χ4v) is 10.9. The molecule has 0 rings (SSSR count). The Bertz CT molecular complexity index is 1620. The molecule has 0 amide bonds. The summed E-state index contributed by atoms with van der Waals surface area (Å²) in [5, 5.41) is 10.5. The molecule has 19 heteroatoms. The van der Waals surface area contributed by atoms with Crippen LogP contribution in [0.2, 0.25) is 0 Å². The van der Waals surface area contributed by atoms with E-state index >= 15 is 0 Å². The number of aliphatic hydroxyl groups excluding tert-OH is 1. The van der Waals surface area contributed by atoms with Crippen LogP contribution in [0.3, 0.4) is 0 Å². The van der Waals surface area contributed by atoms with Gasteiger partial charge in [0.15, 0.2) is 12.2 Å². The van der Waals surface area contributed by atoms with E-state index in [2.05, 4.69) is 41.5 Å². The highest BCUT2D eigenvalue weighted by Gasteiger charge is 2.30. The lowest BCUT2D eigenvalue weighted by Crippen LogP contribution is -2.30. The van der Waals surface area contributed by atoms with Crippen LogP contribution in [0, 0.1) is 11.8 Å². The molecule has 0 aliphatic carbocycles. The highest BCUT2D eigenvalue weighted by atomic mass is 31.2. The summed E-state index contributed by atoms with van der Waals surface area (Å²) in [5.41, 5.74) is 0. The molecule has 2 unspecified atom stereocenters. The van der Waals surface area contributed by atoms with Crippen molar-refractivity contribution in [2.45, 2.75) is 330 Å². The molecule has 5 atom stereocenters. The highest BCUT2D eigenvalue weighted by Crippen LogP contribution is 2.45. The number of aliphatic hydroxyl groups is 1. The Kier molecular flexibility index (Phi) is 54.3. The molecule has 486 valence electrons. The fourth-order valence-electron chi connectivity index (χ4n) is 9.35. The topological polar surface area (TPSA) is 237 Å². The van der Waals surface area contributed by atoms with E-state index in [1.165, 1.54) is 116 Å². The first-order valence-corrected chi connectivity index (χ1v) is 36.0. The van der Waals surface area contributed by atoms with Gasteiger partial charge in [0.2, 0.25) is 0 Å². The van der Waals surface area contributed by atoms with Crippen molar-refractivity contribution < 1.29 is 80.2 Å². The van der Waals surface area contributed by atoms with E-state index in [1.807, 2.05) is 0 Å². The maximum Gasteiger partial charge on any atom is 0.472 e. The number of phosphoric ester groups is 2. The average molecular weight is 1210 g/mol. The van der Waals surface area contributed by atoms with Crippen LogP contribution >= 0.6 is 15.6 Å². The minimum absolute atomic E-state index is 0.104. The van der Waals surface area contributed by atoms with Gasteiger partial charge in [-0.15, -0.1) is 0 Å². The lowest BCUT2D eigenvalue weighted by Gasteiger charge is -2.21. The Balaban J connectivity index is 5.13. The third kappa shape index (κ3) is 57.2. The minimum Gasteiger partial charge on any atom is -0.462 e. The molecule has 0 saturated carbocycles. The minimum atomic E-state index is -4.94. The molecule has 0 aromatic carbocycles. The summed E-state index contributed by atoms with van der Waals surface area (Å²) >= 11 is 0. The van der Waals surface area contributed by atoms with Crippen molar-refractivity contribution in [2.24, 2.45) is 11.8 Å². The molecule has 82 heavy (non-hydrogen) atoms. The molecule has 0 fully saturated rings. The van der Waals surface area contributed by atoms with Crippen LogP contribution < -0.4 is 0 Å². The van der Waals surface area contributed by atoms with E-state index in [4.69, 9.17) is 37.0 Å². The number of carbonyl (C=O) groups excluding carboxylic acids is 4. The fraction of sp³-hybridized carbons (Fsp3) is 0.937. The van der Waals surface area contributed by atoms with Crippen molar-refractivity contribution in [3.05, 3.63) is 0 Å². The van der Waals surface area contributed by atoms with Gasteiger partial charge in [0, 0.05) is 25.7 Å². The molecule has 0 bridgehead atoms. The molecular formula is C63H122O17P2. The van der Waals surface area contributed by atoms with Crippen molar-refractivity contribution >= 4 is 39.5 Å². The zero-order valence-corrected chi connectivity index (χ0v) is 54.6. The van der Waals surface area contributed by atoms with E-state index in [-0.39, 0.29) is 25.7 Å². The normalized spacial score (nSPS) is 14.3. The monoisotopic (exact) mass is 1210 g/mol. The number of rotatable bonds is 62. The smallest absolute Gasteiger partial charge is 0.462 e. The first-order valence-electron chi connectivity index (χ1n) is 33.0. The van der Waals surface area contributed by atoms with Gasteiger partial charge in [0.25, 0.3) is 0 Å². The number of phosphoric acid groups is 2. The van der Waals surface area contributed by atoms with E-state index in [9.17, 15) is 43.2 Å². The second kappa shape index (κ2) is 55.6. The predicted octanol–water partition coefficient (Wildman–Crippen LogP) is 17.3. The van der Waals surface area contributed by atoms with Gasteiger partial charge in [-0.2, -0.15) is 0 Å². The van der Waals surface area contributed by atoms with Crippen molar-refractivity contribution in [1.29, 1.82) is 0 Å². The van der Waals surface area contributed by atoms with Gasteiger partial charge in [-0.05, 0) is 37.5 Å². The molecule has 3 N–H and O–H groups in total. The summed E-state index contributed by atoms with van der Waals surface area (Å²) in [4.78, 5) is 71.8. The Hall–Kier alpha value is -1.94. The number of hydrogen-bond acceptors (Lipinski definition) is 15. The van der Waals surface area contributed by atoms with Crippen LogP contribution in [0.15, 0.2) is 0 Å². The summed E-state index contributed by atoms with van der Waals surface area (Å²) in [6.45, 7) is 9.36. The predicted molar refractivity (Wildman–Crippen MR) is 326 cm³/mol. The molecule has 0 aliphatic heterocycles. The lowest BCUT2D eigenvalue weighted by atomic mass is 10.0. The Labute approximate surface area is 498 Å². The second-order valence-corrected chi connectivity index (χ2v) is 26.7. The number of unbranched alkanes of at least 4 members (excludes halogenated alkanes) is 32. The van der Waals surface area contributed by atoms with Crippen molar-refractivity contribution in [3.8, 4) is 0 Å². The molecular weight excluding hydrogens is 1090 g/mol. The van der Waals surface area contributed by atoms with Crippen molar-refractivity contribution in [3.63, 3.8) is 0 Å². The number of carbonyl (C=O) groups is 4. The van der Waals surface area contributed by atoms with Gasteiger partial charge in [-0.3, -0.25) is 37.3 Å². The largest absolute Gasteiger partial charge is 0.472 e. The van der Waals surface area contributed by atoms with Gasteiger partial charge in [-0.25, -0.2) is 9.13 Å². The zero-order valence-electron chi connectivity index (χ0n) is 52.8. The highest BCUT2D eigenvalue weighted by molar-refractivity contribution is 7.47. The number of ether oxygens (including phenoxy) is 4. The van der Waals surface area contributed by atoms with Gasteiger partial charge in [-0.1, -0.05) is 260 Å². The molecule has 0 radical (unpaired) electrons. The van der Waals surface area contributed by atoms with Gasteiger partial charge in [0.1, 0.15) is 19.3 Å². The van der Waals surface area contributed by atoms with Crippen LogP contribution in [0.4, 0.5) is 0 Å². The summed E-state index contributed by atoms with van der Waals surface area (Å²) in [6.07, 6.45) is 38.1. The quantitative estimate of drug-likeness (QED) is 0.0222. The van der Waals surface area contributed by atoms with E-state index in [0.29, 0.717) is 25.7 Å². The van der Waals surface area contributed by atoms with Gasteiger partial charge >= 0.3 is 39.5 Å². The summed E-state index contributed by atoms with van der Waals surface area (Å²) in [6, 6.07) is 0. The van der Waals surface area contributed by atoms with E-state index in [1.54, 1.807) is 0 Å². The van der Waals surface area contributed by atoms with Crippen LogP contribution in [0.5, 0.6) is 0 Å². The maximum atomic E-state index is 13.0. The van der Waals surface area contributed by atoms with E-state index < -0.39 is 97.5 Å². The third-order valence-corrected chi connectivity index (χ3v) is 16.4. The average Bonchev–Trinajstić information content (AvgIpc) is 3.45. The molecule has 0 heterocycles. The van der Waals surface area contributed by atoms with Gasteiger partial charge < -0.3 is 33.8 Å². The molecule has 0 spiro atoms. The molecule has 17 nitrogen and oxygen atoms in total. The van der Waals surface area contributed by atoms with Crippen molar-refractivity contribution in [1.82, 2.24) is 0 Å². The van der Waals surface area contributed by atoms with Crippen LogP contribution in [0.1, 0.15) is 311 Å². The summed E-state index contributed by atoms with van der Waals surface area (Å²) in [7, 11) is -9.87. The van der Waals surface area contributed by atoms with Crippen LogP contribution in [-0.2, 0) is 65.4 Å². The maximum absolute atomic E-state index is 13.0. The third-order valence-electron chi connectivity index (χ3n) is 14.5. The van der Waals surface area contributed by atoms with E-state index in [0.717, 1.165) is 115 Å². The standard InChI is InChI=1S/C63H122O17P2/c1-7-9-11-13-14-28-35-41-47-62(67)79-58(51-73-60(65)45-39-31-12-10-8-2)53-77-81(69,70)75-49-57(64)50-76-82(71,72)78-54-59(52-74-61(66)46-40-34-29-25-24-27-33-38-44-56(5)6)80-63(68)48-42-36-30-23-21-19-17-15-16-18-20-22-26-32-37-43-55(3)4/h55-59,64H,7-54H2,1-6H3,(H,69,70)(H,71,72)/t57-,58+,59+/m0/s1. The SMILES string of the molecule is CCCCCCCCCCC(=O)O[C@H](COC(=O)CCCCCCC)COP(=O)(O)OC[C@H](O)COP(=O)(O)OC[C@@H](COC(=O)CCCCCCCCCCC(C)C)OC(=O)CCCCCCCCCCCCCCCCCC(C)C. The second-order valence-electron chi connectivity index (χ2n) is 23.7. The lowest BCUT2D eigenvalue weighted by molar-refractivity contribution is -0.161. The Morgan fingerprint density at radius 2 is 0.561 bits per heavy atom. The van der Waals surface area contributed by atoms with Gasteiger partial charge in [0.05, 0.1) is 26.4 Å².